The summed E-state index contributed by atoms with van der Waals surface area (Å²) in [6, 6.07) is 46.0. The second kappa shape index (κ2) is 9.32. The maximum atomic E-state index is 13.9. The van der Waals surface area contributed by atoms with E-state index in [1.165, 1.54) is 22.9 Å². The second-order valence-corrected chi connectivity index (χ2v) is 10.1. The topological polar surface area (TPSA) is 25.4 Å². The van der Waals surface area contributed by atoms with Gasteiger partial charge in [-0.3, -0.25) is 0 Å². The van der Waals surface area contributed by atoms with Gasteiger partial charge in [-0.25, -0.2) is 9.37 Å². The number of benzene rings is 6. The van der Waals surface area contributed by atoms with Gasteiger partial charge in [0.1, 0.15) is 5.82 Å². The van der Waals surface area contributed by atoms with Crippen LogP contribution in [0.5, 0.6) is 11.5 Å². The van der Waals surface area contributed by atoms with Gasteiger partial charge in [-0.05, 0) is 82.6 Å². The number of rotatable bonds is 3. The Bertz CT molecular complexity index is 2050. The Morgan fingerprint density at radius 3 is 1.93 bits per heavy atom. The first-order valence-electron chi connectivity index (χ1n) is 13.6. The first kappa shape index (κ1) is 23.4. The smallest absolute Gasteiger partial charge is 0.151 e. The molecule has 4 heteroatoms. The number of hydrogen-bond acceptors (Lipinski definition) is 3. The van der Waals surface area contributed by atoms with Crippen LogP contribution < -0.4 is 9.64 Å². The van der Waals surface area contributed by atoms with Crippen LogP contribution in [0.3, 0.4) is 0 Å². The number of hydrogen-bond donors (Lipinski definition) is 0. The van der Waals surface area contributed by atoms with Crippen LogP contribution in [0.1, 0.15) is 0 Å². The standard InChI is InChI=1S/C37H23FN2O/c38-26-21-19-25(20-22-26)31-23-30(28-12-7-10-24-9-1-2-11-27(24)28)29-13-8-16-34(37(29)39-31)40-32-14-3-5-17-35(32)41-36-18-6-4-15-33(36)40/h1-23H. The van der Waals surface area contributed by atoms with Crippen molar-refractivity contribution >= 4 is 38.7 Å². The third-order valence-corrected chi connectivity index (χ3v) is 7.71. The first-order chi connectivity index (χ1) is 20.2. The van der Waals surface area contributed by atoms with E-state index in [1.807, 2.05) is 36.4 Å². The molecule has 7 aromatic rings. The summed E-state index contributed by atoms with van der Waals surface area (Å²) >= 11 is 0. The highest BCUT2D eigenvalue weighted by Gasteiger charge is 2.27. The van der Waals surface area contributed by atoms with E-state index in [2.05, 4.69) is 83.8 Å². The maximum absolute atomic E-state index is 13.9. The molecule has 194 valence electrons. The van der Waals surface area contributed by atoms with Crippen LogP contribution in [0.2, 0.25) is 0 Å². The van der Waals surface area contributed by atoms with Gasteiger partial charge in [-0.15, -0.1) is 0 Å². The number of para-hydroxylation sites is 5. The molecule has 1 aliphatic heterocycles. The Labute approximate surface area is 236 Å². The molecule has 0 saturated heterocycles. The first-order valence-corrected chi connectivity index (χ1v) is 13.6. The largest absolute Gasteiger partial charge is 0.453 e. The van der Waals surface area contributed by atoms with Gasteiger partial charge in [0.05, 0.1) is 28.3 Å². The molecule has 0 amide bonds. The minimum atomic E-state index is -0.272. The van der Waals surface area contributed by atoms with E-state index in [9.17, 15) is 4.39 Å². The van der Waals surface area contributed by atoms with Crippen molar-refractivity contribution in [2.24, 2.45) is 0 Å². The third-order valence-electron chi connectivity index (χ3n) is 7.71. The summed E-state index contributed by atoms with van der Waals surface area (Å²) in [4.78, 5) is 7.48. The summed E-state index contributed by atoms with van der Waals surface area (Å²) in [7, 11) is 0. The van der Waals surface area contributed by atoms with Gasteiger partial charge < -0.3 is 9.64 Å². The number of anilines is 3. The monoisotopic (exact) mass is 530 g/mol. The van der Waals surface area contributed by atoms with Crippen LogP contribution in [0, 0.1) is 5.82 Å². The Hall–Kier alpha value is -5.48. The summed E-state index contributed by atoms with van der Waals surface area (Å²) in [5.41, 5.74) is 7.51. The van der Waals surface area contributed by atoms with E-state index in [0.717, 1.165) is 61.8 Å². The molecule has 0 fully saturated rings. The molecule has 2 heterocycles. The van der Waals surface area contributed by atoms with Crippen molar-refractivity contribution in [2.45, 2.75) is 0 Å². The Balaban J connectivity index is 1.47. The zero-order valence-corrected chi connectivity index (χ0v) is 22.0. The van der Waals surface area contributed by atoms with E-state index < -0.39 is 0 Å². The second-order valence-electron chi connectivity index (χ2n) is 10.1. The highest BCUT2D eigenvalue weighted by molar-refractivity contribution is 6.10. The van der Waals surface area contributed by atoms with Crippen LogP contribution in [0.4, 0.5) is 21.5 Å². The molecule has 1 aromatic heterocycles. The van der Waals surface area contributed by atoms with Gasteiger partial charge in [0.15, 0.2) is 11.5 Å². The molecule has 3 nitrogen and oxygen atoms in total. The van der Waals surface area contributed by atoms with Gasteiger partial charge in [-0.1, -0.05) is 78.9 Å². The molecule has 0 unspecified atom stereocenters. The number of fused-ring (bicyclic) bond motifs is 4. The highest BCUT2D eigenvalue weighted by atomic mass is 19.1. The van der Waals surface area contributed by atoms with E-state index in [1.54, 1.807) is 12.1 Å². The molecular weight excluding hydrogens is 507 g/mol. The lowest BCUT2D eigenvalue weighted by Gasteiger charge is -2.33. The number of aromatic nitrogens is 1. The van der Waals surface area contributed by atoms with Gasteiger partial charge >= 0.3 is 0 Å². The fourth-order valence-electron chi connectivity index (χ4n) is 5.83. The average molecular weight is 531 g/mol. The van der Waals surface area contributed by atoms with Crippen LogP contribution >= 0.6 is 0 Å². The normalized spacial score (nSPS) is 12.2. The third kappa shape index (κ3) is 3.84. The van der Waals surface area contributed by atoms with Crippen LogP contribution in [0.15, 0.2) is 140 Å². The van der Waals surface area contributed by atoms with Crippen molar-refractivity contribution in [1.29, 1.82) is 0 Å². The maximum Gasteiger partial charge on any atom is 0.151 e. The summed E-state index contributed by atoms with van der Waals surface area (Å²) in [5.74, 6) is 1.30. The fraction of sp³-hybridized carbons (Fsp3) is 0. The lowest BCUT2D eigenvalue weighted by Crippen LogP contribution is -2.16. The molecule has 1 aliphatic rings. The van der Waals surface area contributed by atoms with Crippen LogP contribution in [-0.2, 0) is 0 Å². The fourth-order valence-corrected chi connectivity index (χ4v) is 5.83. The highest BCUT2D eigenvalue weighted by Crippen LogP contribution is 2.52. The molecule has 8 rings (SSSR count). The average Bonchev–Trinajstić information content (AvgIpc) is 3.03. The Kier molecular flexibility index (Phi) is 5.32. The van der Waals surface area contributed by atoms with E-state index in [0.29, 0.717) is 0 Å². The van der Waals surface area contributed by atoms with Crippen molar-refractivity contribution in [1.82, 2.24) is 4.98 Å². The number of halogens is 1. The van der Waals surface area contributed by atoms with Crippen molar-refractivity contribution in [2.75, 3.05) is 4.90 Å². The number of ether oxygens (including phenoxy) is 1. The van der Waals surface area contributed by atoms with Gasteiger partial charge in [0, 0.05) is 10.9 Å². The number of pyridine rings is 1. The van der Waals surface area contributed by atoms with Gasteiger partial charge in [0.25, 0.3) is 0 Å². The van der Waals surface area contributed by atoms with E-state index in [4.69, 9.17) is 9.72 Å². The quantitative estimate of drug-likeness (QED) is 0.227. The number of nitrogens with zero attached hydrogens (tertiary/aromatic N) is 2. The minimum absolute atomic E-state index is 0.272. The Morgan fingerprint density at radius 2 is 1.15 bits per heavy atom. The predicted octanol–water partition coefficient (Wildman–Crippen LogP) is 10.4. The van der Waals surface area contributed by atoms with Gasteiger partial charge in [-0.2, -0.15) is 0 Å². The molecule has 0 bridgehead atoms. The van der Waals surface area contributed by atoms with Crippen molar-refractivity contribution in [3.8, 4) is 33.9 Å². The molecular formula is C37H23FN2O. The molecule has 6 aromatic carbocycles. The SMILES string of the molecule is Fc1ccc(-c2cc(-c3cccc4ccccc34)c3cccc(N4c5ccccc5Oc5ccccc54)c3n2)cc1. The predicted molar refractivity (Wildman–Crippen MR) is 165 cm³/mol. The molecule has 0 atom stereocenters. The molecule has 0 saturated carbocycles. The minimum Gasteiger partial charge on any atom is -0.453 e. The molecule has 0 radical (unpaired) electrons. The van der Waals surface area contributed by atoms with E-state index >= 15 is 0 Å². The lowest BCUT2D eigenvalue weighted by atomic mass is 9.93. The molecule has 0 N–H and O–H groups in total. The summed E-state index contributed by atoms with van der Waals surface area (Å²) in [5, 5.41) is 3.37. The van der Waals surface area contributed by atoms with Crippen LogP contribution in [0.25, 0.3) is 44.1 Å². The molecule has 0 spiro atoms. The van der Waals surface area contributed by atoms with Gasteiger partial charge in [0.2, 0.25) is 0 Å². The zero-order valence-electron chi connectivity index (χ0n) is 22.0. The zero-order chi connectivity index (χ0) is 27.3. The Morgan fingerprint density at radius 1 is 0.537 bits per heavy atom. The van der Waals surface area contributed by atoms with Crippen molar-refractivity contribution in [3.63, 3.8) is 0 Å². The molecule has 41 heavy (non-hydrogen) atoms. The van der Waals surface area contributed by atoms with Crippen molar-refractivity contribution < 1.29 is 9.13 Å². The molecule has 0 aliphatic carbocycles. The van der Waals surface area contributed by atoms with Crippen molar-refractivity contribution in [3.05, 3.63) is 145 Å². The van der Waals surface area contributed by atoms with Crippen LogP contribution in [-0.4, -0.2) is 4.98 Å². The summed E-state index contributed by atoms with van der Waals surface area (Å²) in [6.45, 7) is 0. The van der Waals surface area contributed by atoms with E-state index in [-0.39, 0.29) is 5.82 Å². The summed E-state index contributed by atoms with van der Waals surface area (Å²) in [6.07, 6.45) is 0. The summed E-state index contributed by atoms with van der Waals surface area (Å²) < 4.78 is 20.2. The lowest BCUT2D eigenvalue weighted by molar-refractivity contribution is 0.477.